The molecule has 0 saturated heterocycles. The molecule has 1 aromatic rings. The van der Waals surface area contributed by atoms with Crippen molar-refractivity contribution in [3.05, 3.63) is 29.8 Å². The van der Waals surface area contributed by atoms with Gasteiger partial charge in [0.2, 0.25) is 0 Å². The van der Waals surface area contributed by atoms with Gasteiger partial charge >= 0.3 is 6.03 Å². The fourth-order valence-electron chi connectivity index (χ4n) is 1.85. The normalized spacial score (nSPS) is 14.6. The van der Waals surface area contributed by atoms with Crippen molar-refractivity contribution in [3.63, 3.8) is 0 Å². The van der Waals surface area contributed by atoms with E-state index in [1.807, 2.05) is 18.2 Å². The van der Waals surface area contributed by atoms with Gasteiger partial charge in [-0.2, -0.15) is 0 Å². The lowest BCUT2D eigenvalue weighted by molar-refractivity contribution is 0.0980. The van der Waals surface area contributed by atoms with Crippen molar-refractivity contribution in [1.29, 1.82) is 0 Å². The Morgan fingerprint density at radius 3 is 2.69 bits per heavy atom. The summed E-state index contributed by atoms with van der Waals surface area (Å²) in [4.78, 5) is 26.7. The molecule has 16 heavy (non-hydrogen) atoms. The first-order valence-electron chi connectivity index (χ1n) is 5.22. The van der Waals surface area contributed by atoms with Gasteiger partial charge in [0.1, 0.15) is 0 Å². The Morgan fingerprint density at radius 2 is 2.00 bits per heavy atom. The molecule has 1 aromatic carbocycles. The van der Waals surface area contributed by atoms with E-state index in [2.05, 4.69) is 0 Å². The van der Waals surface area contributed by atoms with Gasteiger partial charge in [0.15, 0.2) is 5.78 Å². The molecule has 0 aliphatic carbocycles. The summed E-state index contributed by atoms with van der Waals surface area (Å²) in [6, 6.07) is 7.16. The van der Waals surface area contributed by atoms with E-state index in [4.69, 9.17) is 0 Å². The molecule has 4 heteroatoms. The standard InChI is InChI=1S/C12H14N2O2/c1-13(2)12(16)14-8-7-11(15)9-5-3-4-6-10(9)14/h3-6H,7-8H2,1-2H3. The van der Waals surface area contributed by atoms with Crippen LogP contribution in [0.1, 0.15) is 16.8 Å². The number of para-hydroxylation sites is 1. The topological polar surface area (TPSA) is 40.6 Å². The molecule has 0 saturated carbocycles. The van der Waals surface area contributed by atoms with Crippen molar-refractivity contribution >= 4 is 17.5 Å². The molecule has 0 fully saturated rings. The van der Waals surface area contributed by atoms with E-state index in [9.17, 15) is 9.59 Å². The van der Waals surface area contributed by atoms with Crippen LogP contribution in [-0.2, 0) is 0 Å². The molecule has 0 unspecified atom stereocenters. The third-order valence-corrected chi connectivity index (χ3v) is 2.67. The molecule has 2 amide bonds. The van der Waals surface area contributed by atoms with Crippen molar-refractivity contribution < 1.29 is 9.59 Å². The number of benzene rings is 1. The van der Waals surface area contributed by atoms with Gasteiger partial charge in [0.05, 0.1) is 5.69 Å². The minimum absolute atomic E-state index is 0.0834. The lowest BCUT2D eigenvalue weighted by atomic mass is 10.0. The van der Waals surface area contributed by atoms with E-state index < -0.39 is 0 Å². The molecule has 84 valence electrons. The highest BCUT2D eigenvalue weighted by molar-refractivity contribution is 6.08. The monoisotopic (exact) mass is 218 g/mol. The molecule has 1 aliphatic heterocycles. The zero-order valence-corrected chi connectivity index (χ0v) is 9.43. The number of ketones is 1. The van der Waals surface area contributed by atoms with Crippen LogP contribution in [0.5, 0.6) is 0 Å². The Bertz CT molecular complexity index is 440. The second-order valence-electron chi connectivity index (χ2n) is 4.02. The van der Waals surface area contributed by atoms with E-state index >= 15 is 0 Å². The van der Waals surface area contributed by atoms with E-state index in [0.717, 1.165) is 5.69 Å². The van der Waals surface area contributed by atoms with Gasteiger partial charge in [0.25, 0.3) is 0 Å². The van der Waals surface area contributed by atoms with Gasteiger partial charge in [-0.05, 0) is 12.1 Å². The lowest BCUT2D eigenvalue weighted by Crippen LogP contribution is -2.43. The van der Waals surface area contributed by atoms with Crippen molar-refractivity contribution in [3.8, 4) is 0 Å². The molecule has 1 aliphatic rings. The number of amides is 2. The third-order valence-electron chi connectivity index (χ3n) is 2.67. The molecule has 2 rings (SSSR count). The van der Waals surface area contributed by atoms with Gasteiger partial charge in [-0.1, -0.05) is 12.1 Å². The first kappa shape index (κ1) is 10.7. The highest BCUT2D eigenvalue weighted by Gasteiger charge is 2.27. The number of carbonyl (C=O) groups excluding carboxylic acids is 2. The summed E-state index contributed by atoms with van der Waals surface area (Å²) in [5.74, 6) is 0.110. The number of fused-ring (bicyclic) bond motifs is 1. The highest BCUT2D eigenvalue weighted by atomic mass is 16.2. The summed E-state index contributed by atoms with van der Waals surface area (Å²) in [7, 11) is 3.42. The molecular formula is C12H14N2O2. The average Bonchev–Trinajstić information content (AvgIpc) is 2.29. The number of hydrogen-bond donors (Lipinski definition) is 0. The Morgan fingerprint density at radius 1 is 1.31 bits per heavy atom. The van der Waals surface area contributed by atoms with Crippen LogP contribution in [0.15, 0.2) is 24.3 Å². The molecule has 0 atom stereocenters. The molecule has 4 nitrogen and oxygen atoms in total. The Labute approximate surface area is 94.5 Å². The second kappa shape index (κ2) is 3.96. The average molecular weight is 218 g/mol. The van der Waals surface area contributed by atoms with Crippen LogP contribution in [0.2, 0.25) is 0 Å². The van der Waals surface area contributed by atoms with E-state index in [0.29, 0.717) is 18.5 Å². The fourth-order valence-corrected chi connectivity index (χ4v) is 1.85. The maximum Gasteiger partial charge on any atom is 0.323 e. The largest absolute Gasteiger partial charge is 0.330 e. The number of urea groups is 1. The molecular weight excluding hydrogens is 204 g/mol. The van der Waals surface area contributed by atoms with Gasteiger partial charge in [-0.25, -0.2) is 4.79 Å². The van der Waals surface area contributed by atoms with Crippen LogP contribution < -0.4 is 4.90 Å². The first-order valence-corrected chi connectivity index (χ1v) is 5.22. The predicted molar refractivity (Wildman–Crippen MR) is 61.8 cm³/mol. The van der Waals surface area contributed by atoms with E-state index in [1.54, 1.807) is 25.1 Å². The molecule has 1 heterocycles. The van der Waals surface area contributed by atoms with Crippen molar-refractivity contribution in [2.24, 2.45) is 0 Å². The SMILES string of the molecule is CN(C)C(=O)N1CCC(=O)c2ccccc21. The van der Waals surface area contributed by atoms with Crippen LogP contribution in [-0.4, -0.2) is 37.4 Å². The quantitative estimate of drug-likeness (QED) is 0.665. The smallest absolute Gasteiger partial charge is 0.323 e. The number of anilines is 1. The number of hydrogen-bond acceptors (Lipinski definition) is 2. The second-order valence-corrected chi connectivity index (χ2v) is 4.02. The van der Waals surface area contributed by atoms with Crippen LogP contribution in [0.25, 0.3) is 0 Å². The summed E-state index contributed by atoms with van der Waals surface area (Å²) >= 11 is 0. The Kier molecular flexibility index (Phi) is 2.64. The molecule has 0 N–H and O–H groups in total. The molecule has 0 bridgehead atoms. The molecule has 0 spiro atoms. The fraction of sp³-hybridized carbons (Fsp3) is 0.333. The highest BCUT2D eigenvalue weighted by Crippen LogP contribution is 2.27. The number of nitrogens with zero attached hydrogens (tertiary/aromatic N) is 2. The maximum atomic E-state index is 11.9. The van der Waals surface area contributed by atoms with Gasteiger partial charge in [-0.15, -0.1) is 0 Å². The Hall–Kier alpha value is -1.84. The van der Waals surface area contributed by atoms with Crippen LogP contribution in [0.3, 0.4) is 0 Å². The Balaban J connectivity index is 2.42. The lowest BCUT2D eigenvalue weighted by Gasteiger charge is -2.30. The van der Waals surface area contributed by atoms with E-state index in [-0.39, 0.29) is 11.8 Å². The van der Waals surface area contributed by atoms with Gasteiger partial charge in [-0.3, -0.25) is 9.69 Å². The number of rotatable bonds is 0. The summed E-state index contributed by atoms with van der Waals surface area (Å²) < 4.78 is 0. The van der Waals surface area contributed by atoms with Crippen LogP contribution in [0, 0.1) is 0 Å². The number of carbonyl (C=O) groups is 2. The minimum Gasteiger partial charge on any atom is -0.330 e. The maximum absolute atomic E-state index is 11.9. The molecule has 0 aromatic heterocycles. The zero-order valence-electron chi connectivity index (χ0n) is 9.43. The summed E-state index contributed by atoms with van der Waals surface area (Å²) in [5, 5.41) is 0. The summed E-state index contributed by atoms with van der Waals surface area (Å²) in [6.45, 7) is 0.465. The first-order chi connectivity index (χ1) is 7.61. The minimum atomic E-state index is -0.0834. The van der Waals surface area contributed by atoms with Crippen molar-refractivity contribution in [2.75, 3.05) is 25.5 Å². The van der Waals surface area contributed by atoms with Gasteiger partial charge < -0.3 is 4.90 Å². The van der Waals surface area contributed by atoms with Crippen molar-refractivity contribution in [1.82, 2.24) is 4.90 Å². The van der Waals surface area contributed by atoms with Crippen molar-refractivity contribution in [2.45, 2.75) is 6.42 Å². The summed E-state index contributed by atoms with van der Waals surface area (Å²) in [5.41, 5.74) is 1.36. The van der Waals surface area contributed by atoms with Gasteiger partial charge in [0, 0.05) is 32.6 Å². The molecule has 0 radical (unpaired) electrons. The predicted octanol–water partition coefficient (Wildman–Crippen LogP) is 1.76. The third kappa shape index (κ3) is 1.66. The van der Waals surface area contributed by atoms with Crippen LogP contribution in [0.4, 0.5) is 10.5 Å². The van der Waals surface area contributed by atoms with E-state index in [1.165, 1.54) is 4.90 Å². The summed E-state index contributed by atoms with van der Waals surface area (Å²) in [6.07, 6.45) is 0.399. The zero-order chi connectivity index (χ0) is 11.7. The van der Waals surface area contributed by atoms with Crippen LogP contribution >= 0.6 is 0 Å². The number of Topliss-reactive ketones (excluding diaryl/α,β-unsaturated/α-hetero) is 1.